The number of nitriles is 1. The molecular weight excluding hydrogens is 290 g/mol. The molecule has 1 atom stereocenters. The Labute approximate surface area is 137 Å². The normalized spacial score (nSPS) is 19.9. The number of benzene rings is 1. The van der Waals surface area contributed by atoms with E-state index in [0.29, 0.717) is 11.3 Å². The lowest BCUT2D eigenvalue weighted by atomic mass is 10.2. The Morgan fingerprint density at radius 2 is 1.91 bits per heavy atom. The minimum atomic E-state index is -0.502. The molecule has 0 N–H and O–H groups in total. The summed E-state index contributed by atoms with van der Waals surface area (Å²) in [5.74, 6) is 1.56. The van der Waals surface area contributed by atoms with Gasteiger partial charge < -0.3 is 9.64 Å². The highest BCUT2D eigenvalue weighted by Crippen LogP contribution is 2.30. The Balaban J connectivity index is 1.48. The average Bonchev–Trinajstić information content (AvgIpc) is 3.39. The largest absolute Gasteiger partial charge is 0.481 e. The molecule has 1 saturated heterocycles. The van der Waals surface area contributed by atoms with Gasteiger partial charge in [-0.2, -0.15) is 5.26 Å². The summed E-state index contributed by atoms with van der Waals surface area (Å²) in [7, 11) is 0. The van der Waals surface area contributed by atoms with Crippen molar-refractivity contribution >= 4 is 5.91 Å². The molecule has 2 aliphatic rings. The lowest BCUT2D eigenvalue weighted by molar-refractivity contribution is -0.139. The lowest BCUT2D eigenvalue weighted by Crippen LogP contribution is -2.52. The molecule has 3 rings (SSSR count). The first-order valence-electron chi connectivity index (χ1n) is 8.33. The number of amides is 1. The van der Waals surface area contributed by atoms with Crippen LogP contribution >= 0.6 is 0 Å². The summed E-state index contributed by atoms with van der Waals surface area (Å²) in [5, 5.41) is 8.79. The molecular formula is C18H23N3O2. The molecule has 1 aliphatic heterocycles. The van der Waals surface area contributed by atoms with Gasteiger partial charge in [-0.1, -0.05) is 0 Å². The second kappa shape index (κ2) is 7.01. The van der Waals surface area contributed by atoms with Gasteiger partial charge in [0.25, 0.3) is 5.91 Å². The molecule has 2 fully saturated rings. The Morgan fingerprint density at radius 1 is 1.26 bits per heavy atom. The van der Waals surface area contributed by atoms with Crippen LogP contribution in [0.25, 0.3) is 0 Å². The van der Waals surface area contributed by atoms with Gasteiger partial charge in [-0.25, -0.2) is 0 Å². The Kier molecular flexibility index (Phi) is 4.82. The summed E-state index contributed by atoms with van der Waals surface area (Å²) in [4.78, 5) is 16.9. The minimum absolute atomic E-state index is 0.0421. The standard InChI is InChI=1S/C18H23N3O2/c1-14(23-17-6-4-15(12-19)5-7-17)18(22)21-10-8-20(9-11-21)13-16-2-3-16/h4-7,14,16H,2-3,8-11,13H2,1H3. The van der Waals surface area contributed by atoms with Gasteiger partial charge in [0.2, 0.25) is 0 Å². The SMILES string of the molecule is CC(Oc1ccc(C#N)cc1)C(=O)N1CCN(CC2CC2)CC1. The monoisotopic (exact) mass is 313 g/mol. The third kappa shape index (κ3) is 4.23. The highest BCUT2D eigenvalue weighted by Gasteiger charge is 2.29. The number of hydrogen-bond donors (Lipinski definition) is 0. The first kappa shape index (κ1) is 15.8. The van der Waals surface area contributed by atoms with E-state index in [1.807, 2.05) is 4.90 Å². The summed E-state index contributed by atoms with van der Waals surface area (Å²) in [5.41, 5.74) is 0.586. The fourth-order valence-electron chi connectivity index (χ4n) is 2.94. The molecule has 5 nitrogen and oxygen atoms in total. The van der Waals surface area contributed by atoms with Gasteiger partial charge in [0.05, 0.1) is 11.6 Å². The number of nitrogens with zero attached hydrogens (tertiary/aromatic N) is 3. The first-order chi connectivity index (χ1) is 11.2. The second-order valence-electron chi connectivity index (χ2n) is 6.47. The molecule has 1 unspecified atom stereocenters. The molecule has 1 saturated carbocycles. The maximum Gasteiger partial charge on any atom is 0.263 e. The van der Waals surface area contributed by atoms with Gasteiger partial charge in [-0.15, -0.1) is 0 Å². The number of piperazine rings is 1. The van der Waals surface area contributed by atoms with E-state index in [0.717, 1.165) is 32.1 Å². The van der Waals surface area contributed by atoms with E-state index in [9.17, 15) is 4.79 Å². The van der Waals surface area contributed by atoms with Crippen LogP contribution in [-0.4, -0.2) is 54.5 Å². The second-order valence-corrected chi connectivity index (χ2v) is 6.47. The molecule has 0 bridgehead atoms. The maximum atomic E-state index is 12.5. The van der Waals surface area contributed by atoms with Crippen molar-refractivity contribution < 1.29 is 9.53 Å². The van der Waals surface area contributed by atoms with Crippen LogP contribution in [0, 0.1) is 17.2 Å². The molecule has 1 heterocycles. The Hall–Kier alpha value is -2.06. The molecule has 1 aromatic rings. The molecule has 1 aromatic carbocycles. The summed E-state index contributed by atoms with van der Waals surface area (Å²) in [6.07, 6.45) is 2.24. The van der Waals surface area contributed by atoms with Gasteiger partial charge in [-0.3, -0.25) is 9.69 Å². The number of ether oxygens (including phenoxy) is 1. The minimum Gasteiger partial charge on any atom is -0.481 e. The number of carbonyl (C=O) groups excluding carboxylic acids is 1. The smallest absolute Gasteiger partial charge is 0.263 e. The number of carbonyl (C=O) groups is 1. The van der Waals surface area contributed by atoms with Crippen molar-refractivity contribution in [2.24, 2.45) is 5.92 Å². The van der Waals surface area contributed by atoms with Crippen LogP contribution in [0.15, 0.2) is 24.3 Å². The molecule has 5 heteroatoms. The maximum absolute atomic E-state index is 12.5. The highest BCUT2D eigenvalue weighted by atomic mass is 16.5. The molecule has 122 valence electrons. The fraction of sp³-hybridized carbons (Fsp3) is 0.556. The summed E-state index contributed by atoms with van der Waals surface area (Å²) >= 11 is 0. The Morgan fingerprint density at radius 3 is 2.48 bits per heavy atom. The molecule has 23 heavy (non-hydrogen) atoms. The molecule has 0 aromatic heterocycles. The van der Waals surface area contributed by atoms with Gasteiger partial charge >= 0.3 is 0 Å². The first-order valence-corrected chi connectivity index (χ1v) is 8.33. The predicted molar refractivity (Wildman–Crippen MR) is 87.0 cm³/mol. The van der Waals surface area contributed by atoms with E-state index in [1.54, 1.807) is 31.2 Å². The van der Waals surface area contributed by atoms with Crippen LogP contribution in [0.4, 0.5) is 0 Å². The average molecular weight is 313 g/mol. The van der Waals surface area contributed by atoms with Crippen molar-refractivity contribution in [3.05, 3.63) is 29.8 Å². The van der Waals surface area contributed by atoms with E-state index in [1.165, 1.54) is 19.4 Å². The van der Waals surface area contributed by atoms with Gasteiger partial charge in [0.1, 0.15) is 5.75 Å². The van der Waals surface area contributed by atoms with E-state index < -0.39 is 6.10 Å². The van der Waals surface area contributed by atoms with Crippen LogP contribution in [0.1, 0.15) is 25.3 Å². The van der Waals surface area contributed by atoms with E-state index in [4.69, 9.17) is 10.00 Å². The fourth-order valence-corrected chi connectivity index (χ4v) is 2.94. The van der Waals surface area contributed by atoms with Crippen LogP contribution in [0.5, 0.6) is 5.75 Å². The zero-order valence-electron chi connectivity index (χ0n) is 13.6. The predicted octanol–water partition coefficient (Wildman–Crippen LogP) is 1.88. The van der Waals surface area contributed by atoms with Crippen molar-refractivity contribution in [2.45, 2.75) is 25.9 Å². The van der Waals surface area contributed by atoms with Crippen molar-refractivity contribution in [1.29, 1.82) is 5.26 Å². The van der Waals surface area contributed by atoms with Crippen molar-refractivity contribution in [1.82, 2.24) is 9.80 Å². The number of rotatable bonds is 5. The summed E-state index contributed by atoms with van der Waals surface area (Å²) in [6, 6.07) is 8.93. The van der Waals surface area contributed by atoms with E-state index in [2.05, 4.69) is 11.0 Å². The van der Waals surface area contributed by atoms with Crippen LogP contribution in [0.2, 0.25) is 0 Å². The zero-order valence-corrected chi connectivity index (χ0v) is 13.6. The number of hydrogen-bond acceptors (Lipinski definition) is 4. The Bertz CT molecular complexity index is 581. The quantitative estimate of drug-likeness (QED) is 0.833. The van der Waals surface area contributed by atoms with Gasteiger partial charge in [0, 0.05) is 32.7 Å². The van der Waals surface area contributed by atoms with Crippen LogP contribution < -0.4 is 4.74 Å². The van der Waals surface area contributed by atoms with Crippen molar-refractivity contribution in [2.75, 3.05) is 32.7 Å². The van der Waals surface area contributed by atoms with Crippen molar-refractivity contribution in [3.63, 3.8) is 0 Å². The molecule has 1 amide bonds. The zero-order chi connectivity index (χ0) is 16.2. The third-order valence-corrected chi connectivity index (χ3v) is 4.54. The van der Waals surface area contributed by atoms with Crippen LogP contribution in [0.3, 0.4) is 0 Å². The van der Waals surface area contributed by atoms with E-state index >= 15 is 0 Å². The topological polar surface area (TPSA) is 56.6 Å². The lowest BCUT2D eigenvalue weighted by Gasteiger charge is -2.35. The molecule has 1 aliphatic carbocycles. The summed E-state index contributed by atoms with van der Waals surface area (Å²) in [6.45, 7) is 6.48. The molecule has 0 spiro atoms. The van der Waals surface area contributed by atoms with Gasteiger partial charge in [-0.05, 0) is 49.9 Å². The van der Waals surface area contributed by atoms with Gasteiger partial charge in [0.15, 0.2) is 6.10 Å². The van der Waals surface area contributed by atoms with Crippen LogP contribution in [-0.2, 0) is 4.79 Å². The highest BCUT2D eigenvalue weighted by molar-refractivity contribution is 5.81. The molecule has 0 radical (unpaired) electrons. The van der Waals surface area contributed by atoms with Crippen molar-refractivity contribution in [3.8, 4) is 11.8 Å². The summed E-state index contributed by atoms with van der Waals surface area (Å²) < 4.78 is 5.72. The third-order valence-electron chi connectivity index (χ3n) is 4.54. The van der Waals surface area contributed by atoms with E-state index in [-0.39, 0.29) is 5.91 Å².